The van der Waals surface area contributed by atoms with Crippen LogP contribution in [-0.4, -0.2) is 36.5 Å². The number of rotatable bonds is 3. The lowest BCUT2D eigenvalue weighted by atomic mass is 10.0. The van der Waals surface area contributed by atoms with E-state index in [2.05, 4.69) is 19.2 Å². The van der Waals surface area contributed by atoms with Crippen molar-refractivity contribution >= 4 is 11.9 Å². The van der Waals surface area contributed by atoms with Crippen LogP contribution in [0.15, 0.2) is 18.2 Å². The molecule has 1 fully saturated rings. The minimum atomic E-state index is -0.379. The normalized spacial score (nSPS) is 20.9. The number of carbonyl (C=O) groups excluding carboxylic acids is 1. The van der Waals surface area contributed by atoms with E-state index in [0.717, 1.165) is 5.56 Å². The third-order valence-electron chi connectivity index (χ3n) is 3.53. The van der Waals surface area contributed by atoms with E-state index in [1.807, 2.05) is 18.2 Å². The Kier molecular flexibility index (Phi) is 3.45. The number of carbonyl (C=O) groups is 1. The van der Waals surface area contributed by atoms with Crippen LogP contribution in [0.2, 0.25) is 0 Å². The van der Waals surface area contributed by atoms with Crippen molar-refractivity contribution in [3.8, 4) is 11.5 Å². The second kappa shape index (κ2) is 5.27. The van der Waals surface area contributed by atoms with Crippen molar-refractivity contribution in [1.29, 1.82) is 5.41 Å². The van der Waals surface area contributed by atoms with Crippen molar-refractivity contribution in [1.82, 2.24) is 10.2 Å². The Balaban J connectivity index is 1.93. The fraction of sp³-hybridized carbons (Fsp3) is 0.467. The number of nitrogens with one attached hydrogen (secondary N) is 2. The number of benzene rings is 1. The van der Waals surface area contributed by atoms with Crippen LogP contribution in [0.1, 0.15) is 25.5 Å². The van der Waals surface area contributed by atoms with Gasteiger partial charge in [-0.1, -0.05) is 19.9 Å². The Hall–Kier alpha value is -2.24. The molecule has 2 aliphatic rings. The fourth-order valence-corrected chi connectivity index (χ4v) is 2.69. The van der Waals surface area contributed by atoms with Gasteiger partial charge in [0.25, 0.3) is 0 Å². The summed E-state index contributed by atoms with van der Waals surface area (Å²) in [5, 5.41) is 10.6. The van der Waals surface area contributed by atoms with Crippen molar-refractivity contribution in [3.63, 3.8) is 0 Å². The lowest BCUT2D eigenvalue weighted by Crippen LogP contribution is -2.33. The first-order valence-electron chi connectivity index (χ1n) is 7.12. The summed E-state index contributed by atoms with van der Waals surface area (Å²) in [5.74, 6) is 1.93. The molecule has 1 aromatic carbocycles. The largest absolute Gasteiger partial charge is 0.486 e. The third kappa shape index (κ3) is 2.53. The van der Waals surface area contributed by atoms with Crippen molar-refractivity contribution in [2.45, 2.75) is 19.9 Å². The molecule has 0 saturated carbocycles. The zero-order valence-electron chi connectivity index (χ0n) is 12.2. The molecule has 2 amide bonds. The Bertz CT molecular complexity index is 586. The second-order valence-corrected chi connectivity index (χ2v) is 5.70. The highest BCUT2D eigenvalue weighted by Crippen LogP contribution is 2.35. The number of hydrogen-bond acceptors (Lipinski definition) is 4. The zero-order valence-corrected chi connectivity index (χ0v) is 12.2. The first kappa shape index (κ1) is 13.7. The first-order valence-corrected chi connectivity index (χ1v) is 7.12. The number of ether oxygens (including phenoxy) is 2. The summed E-state index contributed by atoms with van der Waals surface area (Å²) in [7, 11) is 0. The van der Waals surface area contributed by atoms with Crippen LogP contribution < -0.4 is 14.8 Å². The van der Waals surface area contributed by atoms with Crippen molar-refractivity contribution in [2.24, 2.45) is 5.92 Å². The highest BCUT2D eigenvalue weighted by atomic mass is 16.6. The topological polar surface area (TPSA) is 74.7 Å². The van der Waals surface area contributed by atoms with Gasteiger partial charge in [-0.05, 0) is 23.6 Å². The summed E-state index contributed by atoms with van der Waals surface area (Å²) in [4.78, 5) is 13.7. The van der Waals surface area contributed by atoms with E-state index in [0.29, 0.717) is 37.2 Å². The molecule has 0 aromatic heterocycles. The Labute approximate surface area is 123 Å². The molecule has 2 N–H and O–H groups in total. The quantitative estimate of drug-likeness (QED) is 0.895. The summed E-state index contributed by atoms with van der Waals surface area (Å²) < 4.78 is 11.1. The van der Waals surface area contributed by atoms with Gasteiger partial charge in [-0.3, -0.25) is 10.7 Å². The lowest BCUT2D eigenvalue weighted by Gasteiger charge is -2.26. The van der Waals surface area contributed by atoms with Gasteiger partial charge in [-0.2, -0.15) is 0 Å². The number of hydrogen-bond donors (Lipinski definition) is 2. The molecule has 3 rings (SSSR count). The molecule has 0 bridgehead atoms. The second-order valence-electron chi connectivity index (χ2n) is 5.70. The molecular weight excluding hydrogens is 270 g/mol. The Morgan fingerprint density at radius 3 is 2.76 bits per heavy atom. The van der Waals surface area contributed by atoms with Gasteiger partial charge in [0.15, 0.2) is 11.5 Å². The molecule has 0 spiro atoms. The average Bonchev–Trinajstić information content (AvgIpc) is 2.72. The average molecular weight is 289 g/mol. The van der Waals surface area contributed by atoms with Gasteiger partial charge in [0.2, 0.25) is 0 Å². The summed E-state index contributed by atoms with van der Waals surface area (Å²) in [6.07, 6.45) is 0. The van der Waals surface area contributed by atoms with Gasteiger partial charge in [-0.15, -0.1) is 0 Å². The van der Waals surface area contributed by atoms with Gasteiger partial charge in [0.05, 0.1) is 0 Å². The van der Waals surface area contributed by atoms with E-state index < -0.39 is 0 Å². The third-order valence-corrected chi connectivity index (χ3v) is 3.53. The predicted molar refractivity (Wildman–Crippen MR) is 78.0 cm³/mol. The molecule has 0 aliphatic carbocycles. The fourth-order valence-electron chi connectivity index (χ4n) is 2.69. The molecule has 2 heterocycles. The van der Waals surface area contributed by atoms with Gasteiger partial charge >= 0.3 is 6.03 Å². The van der Waals surface area contributed by atoms with Crippen LogP contribution in [0, 0.1) is 11.3 Å². The summed E-state index contributed by atoms with van der Waals surface area (Å²) in [5.41, 5.74) is 0.864. The monoisotopic (exact) mass is 289 g/mol. The summed E-state index contributed by atoms with van der Waals surface area (Å²) in [6.45, 7) is 5.77. The molecule has 2 aliphatic heterocycles. The molecule has 21 heavy (non-hydrogen) atoms. The van der Waals surface area contributed by atoms with Crippen LogP contribution in [0.5, 0.6) is 11.5 Å². The van der Waals surface area contributed by atoms with Crippen LogP contribution in [0.4, 0.5) is 4.79 Å². The molecule has 6 nitrogen and oxygen atoms in total. The number of amidine groups is 1. The van der Waals surface area contributed by atoms with E-state index in [1.54, 1.807) is 4.90 Å². The lowest BCUT2D eigenvalue weighted by molar-refractivity contribution is 0.170. The van der Waals surface area contributed by atoms with Crippen LogP contribution in [0.3, 0.4) is 0 Å². The number of fused-ring (bicyclic) bond motifs is 1. The minimum absolute atomic E-state index is 0.206. The standard InChI is InChI=1S/C15H19N3O3/c1-9(2)8-18-13(14(16)17-15(18)19)10-3-4-11-12(7-10)21-6-5-20-11/h3-4,7,9,13H,5-6,8H2,1-2H3,(H2,16,17,19). The number of nitrogens with zero attached hydrogens (tertiary/aromatic N) is 1. The maximum atomic E-state index is 12.0. The van der Waals surface area contributed by atoms with Crippen LogP contribution in [-0.2, 0) is 0 Å². The first-order chi connectivity index (χ1) is 10.1. The molecule has 6 heteroatoms. The molecule has 1 atom stereocenters. The zero-order chi connectivity index (χ0) is 15.0. The SMILES string of the molecule is CC(C)CN1C(=O)NC(=N)C1c1ccc2c(c1)OCCO2. The maximum Gasteiger partial charge on any atom is 0.323 e. The van der Waals surface area contributed by atoms with Gasteiger partial charge < -0.3 is 14.4 Å². The van der Waals surface area contributed by atoms with E-state index in [1.165, 1.54) is 0 Å². The summed E-state index contributed by atoms with van der Waals surface area (Å²) >= 11 is 0. The molecule has 112 valence electrons. The van der Waals surface area contributed by atoms with Crippen molar-refractivity contribution in [3.05, 3.63) is 23.8 Å². The van der Waals surface area contributed by atoms with Crippen molar-refractivity contribution in [2.75, 3.05) is 19.8 Å². The Morgan fingerprint density at radius 1 is 1.33 bits per heavy atom. The van der Waals surface area contributed by atoms with Gasteiger partial charge in [0, 0.05) is 6.54 Å². The van der Waals surface area contributed by atoms with Crippen LogP contribution in [0.25, 0.3) is 0 Å². The molecule has 1 aromatic rings. The highest BCUT2D eigenvalue weighted by Gasteiger charge is 2.37. The van der Waals surface area contributed by atoms with Gasteiger partial charge in [-0.25, -0.2) is 4.79 Å². The van der Waals surface area contributed by atoms with Crippen LogP contribution >= 0.6 is 0 Å². The molecule has 0 radical (unpaired) electrons. The van der Waals surface area contributed by atoms with Gasteiger partial charge in [0.1, 0.15) is 25.1 Å². The predicted octanol–water partition coefficient (Wildman–Crippen LogP) is 2.16. The van der Waals surface area contributed by atoms with E-state index in [4.69, 9.17) is 14.9 Å². The summed E-state index contributed by atoms with van der Waals surface area (Å²) in [6, 6.07) is 5.00. The van der Waals surface area contributed by atoms with Crippen molar-refractivity contribution < 1.29 is 14.3 Å². The Morgan fingerprint density at radius 2 is 2.05 bits per heavy atom. The number of amides is 2. The molecule has 1 unspecified atom stereocenters. The minimum Gasteiger partial charge on any atom is -0.486 e. The molecule has 1 saturated heterocycles. The highest BCUT2D eigenvalue weighted by molar-refractivity contribution is 6.06. The molecular formula is C15H19N3O3. The van der Waals surface area contributed by atoms with E-state index in [-0.39, 0.29) is 17.9 Å². The number of urea groups is 1. The van der Waals surface area contributed by atoms with E-state index in [9.17, 15) is 4.79 Å². The maximum absolute atomic E-state index is 12.0. The smallest absolute Gasteiger partial charge is 0.323 e. The van der Waals surface area contributed by atoms with E-state index >= 15 is 0 Å².